The minimum absolute atomic E-state index is 0.252. The van der Waals surface area contributed by atoms with E-state index in [1.54, 1.807) is 30.5 Å². The molecule has 0 fully saturated rings. The molecule has 0 spiro atoms. The zero-order chi connectivity index (χ0) is 12.3. The second kappa shape index (κ2) is 5.21. The molecule has 2 N–H and O–H groups in total. The van der Waals surface area contributed by atoms with Crippen molar-refractivity contribution in [2.45, 2.75) is 6.61 Å². The van der Waals surface area contributed by atoms with E-state index in [1.807, 2.05) is 6.07 Å². The number of hydrogen-bond donors (Lipinski definition) is 1. The first kappa shape index (κ1) is 12.0. The van der Waals surface area contributed by atoms with E-state index in [0.717, 1.165) is 5.76 Å². The van der Waals surface area contributed by atoms with E-state index in [2.05, 4.69) is 0 Å². The molecule has 17 heavy (non-hydrogen) atoms. The number of hydrogen-bond acceptors (Lipinski definition) is 3. The minimum Gasteiger partial charge on any atom is -0.485 e. The summed E-state index contributed by atoms with van der Waals surface area (Å²) in [6.45, 7) is 0.324. The Morgan fingerprint density at radius 1 is 1.41 bits per heavy atom. The van der Waals surface area contributed by atoms with Gasteiger partial charge in [-0.25, -0.2) is 0 Å². The molecule has 0 bridgehead atoms. The van der Waals surface area contributed by atoms with Crippen molar-refractivity contribution in [2.75, 3.05) is 0 Å². The maximum Gasteiger partial charge on any atom is 0.146 e. The van der Waals surface area contributed by atoms with Crippen molar-refractivity contribution in [1.82, 2.24) is 0 Å². The van der Waals surface area contributed by atoms with Crippen molar-refractivity contribution < 1.29 is 9.15 Å². The van der Waals surface area contributed by atoms with Crippen LogP contribution in [0.3, 0.4) is 0 Å². The van der Waals surface area contributed by atoms with Crippen LogP contribution in [0.4, 0.5) is 0 Å². The average molecular weight is 268 g/mol. The number of halogens is 1. The van der Waals surface area contributed by atoms with Gasteiger partial charge in [0.2, 0.25) is 0 Å². The van der Waals surface area contributed by atoms with Crippen molar-refractivity contribution in [3.8, 4) is 5.75 Å². The summed E-state index contributed by atoms with van der Waals surface area (Å²) >= 11 is 10.8. The summed E-state index contributed by atoms with van der Waals surface area (Å²) in [6.07, 6.45) is 1.59. The smallest absolute Gasteiger partial charge is 0.146 e. The molecule has 0 unspecified atom stereocenters. The Kier molecular flexibility index (Phi) is 3.66. The first-order chi connectivity index (χ1) is 8.16. The largest absolute Gasteiger partial charge is 0.485 e. The van der Waals surface area contributed by atoms with Crippen LogP contribution >= 0.6 is 23.8 Å². The van der Waals surface area contributed by atoms with Crippen molar-refractivity contribution >= 4 is 28.8 Å². The van der Waals surface area contributed by atoms with E-state index in [4.69, 9.17) is 38.7 Å². The van der Waals surface area contributed by atoms with E-state index in [0.29, 0.717) is 22.9 Å². The Morgan fingerprint density at radius 3 is 2.88 bits per heavy atom. The Balaban J connectivity index is 2.17. The predicted octanol–water partition coefficient (Wildman–Crippen LogP) is 3.15. The molecule has 0 amide bonds. The van der Waals surface area contributed by atoms with Gasteiger partial charge in [0.1, 0.15) is 23.1 Å². The second-order valence-corrected chi connectivity index (χ2v) is 4.25. The molecule has 0 aliphatic rings. The second-order valence-electron chi connectivity index (χ2n) is 3.37. The molecule has 88 valence electrons. The zero-order valence-corrected chi connectivity index (χ0v) is 10.4. The maximum atomic E-state index is 5.87. The van der Waals surface area contributed by atoms with Crippen LogP contribution in [0.25, 0.3) is 0 Å². The average Bonchev–Trinajstić information content (AvgIpc) is 2.80. The molecular formula is C12H10ClNO2S. The Labute approximate surface area is 109 Å². The highest BCUT2D eigenvalue weighted by Crippen LogP contribution is 2.23. The molecule has 0 saturated heterocycles. The lowest BCUT2D eigenvalue weighted by molar-refractivity contribution is 0.270. The fourth-order valence-corrected chi connectivity index (χ4v) is 1.70. The molecule has 0 aliphatic heterocycles. The molecule has 3 nitrogen and oxygen atoms in total. The van der Waals surface area contributed by atoms with E-state index in [9.17, 15) is 0 Å². The van der Waals surface area contributed by atoms with Gasteiger partial charge in [-0.3, -0.25) is 0 Å². The lowest BCUT2D eigenvalue weighted by atomic mass is 10.2. The maximum absolute atomic E-state index is 5.87. The van der Waals surface area contributed by atoms with Gasteiger partial charge in [0.15, 0.2) is 0 Å². The lowest BCUT2D eigenvalue weighted by Gasteiger charge is -2.09. The molecule has 0 aliphatic carbocycles. The van der Waals surface area contributed by atoms with Crippen molar-refractivity contribution in [2.24, 2.45) is 5.73 Å². The van der Waals surface area contributed by atoms with Crippen molar-refractivity contribution in [3.63, 3.8) is 0 Å². The molecular weight excluding hydrogens is 258 g/mol. The van der Waals surface area contributed by atoms with Gasteiger partial charge in [-0.15, -0.1) is 0 Å². The summed E-state index contributed by atoms with van der Waals surface area (Å²) in [5, 5.41) is 0.568. The molecule has 5 heteroatoms. The fourth-order valence-electron chi connectivity index (χ4n) is 1.36. The topological polar surface area (TPSA) is 48.4 Å². The van der Waals surface area contributed by atoms with Gasteiger partial charge in [-0.1, -0.05) is 23.8 Å². The number of nitrogens with two attached hydrogens (primary N) is 1. The first-order valence-electron chi connectivity index (χ1n) is 4.91. The van der Waals surface area contributed by atoms with Crippen LogP contribution in [0.2, 0.25) is 5.02 Å². The van der Waals surface area contributed by atoms with Crippen LogP contribution in [0.15, 0.2) is 41.0 Å². The normalized spacial score (nSPS) is 10.2. The summed E-state index contributed by atoms with van der Waals surface area (Å²) in [5.41, 5.74) is 6.23. The van der Waals surface area contributed by atoms with Crippen LogP contribution in [0, 0.1) is 0 Å². The monoisotopic (exact) mass is 267 g/mol. The molecule has 2 rings (SSSR count). The summed E-state index contributed by atoms with van der Waals surface area (Å²) < 4.78 is 10.7. The summed E-state index contributed by atoms with van der Waals surface area (Å²) in [6, 6.07) is 8.77. The lowest BCUT2D eigenvalue weighted by Crippen LogP contribution is -2.11. The highest BCUT2D eigenvalue weighted by atomic mass is 35.5. The van der Waals surface area contributed by atoms with Gasteiger partial charge >= 0.3 is 0 Å². The van der Waals surface area contributed by atoms with Gasteiger partial charge in [0, 0.05) is 5.02 Å². The van der Waals surface area contributed by atoms with Crippen LogP contribution in [-0.2, 0) is 6.61 Å². The van der Waals surface area contributed by atoms with Gasteiger partial charge < -0.3 is 14.9 Å². The van der Waals surface area contributed by atoms with E-state index in [-0.39, 0.29) is 4.99 Å². The highest BCUT2D eigenvalue weighted by molar-refractivity contribution is 7.80. The quantitative estimate of drug-likeness (QED) is 0.865. The van der Waals surface area contributed by atoms with Crippen molar-refractivity contribution in [3.05, 3.63) is 52.9 Å². The number of ether oxygens (including phenoxy) is 1. The van der Waals surface area contributed by atoms with Gasteiger partial charge in [-0.05, 0) is 30.3 Å². The standard InChI is InChI=1S/C12H10ClNO2S/c13-8-3-4-11(10(6-8)12(14)17)16-7-9-2-1-5-15-9/h1-6H,7H2,(H2,14,17). The third-order valence-electron chi connectivity index (χ3n) is 2.16. The minimum atomic E-state index is 0.252. The number of furan rings is 1. The third-order valence-corrected chi connectivity index (χ3v) is 2.61. The molecule has 2 aromatic rings. The number of thiocarbonyl (C=S) groups is 1. The number of benzene rings is 1. The van der Waals surface area contributed by atoms with Crippen LogP contribution in [0.5, 0.6) is 5.75 Å². The Hall–Kier alpha value is -1.52. The molecule has 1 aromatic carbocycles. The van der Waals surface area contributed by atoms with E-state index in [1.165, 1.54) is 0 Å². The summed E-state index contributed by atoms with van der Waals surface area (Å²) in [5.74, 6) is 1.33. The zero-order valence-electron chi connectivity index (χ0n) is 8.85. The van der Waals surface area contributed by atoms with E-state index < -0.39 is 0 Å². The summed E-state index contributed by atoms with van der Waals surface area (Å²) in [7, 11) is 0. The van der Waals surface area contributed by atoms with Crippen LogP contribution in [-0.4, -0.2) is 4.99 Å². The number of rotatable bonds is 4. The van der Waals surface area contributed by atoms with Gasteiger partial charge in [-0.2, -0.15) is 0 Å². The SMILES string of the molecule is NC(=S)c1cc(Cl)ccc1OCc1ccco1. The van der Waals surface area contributed by atoms with Crippen LogP contribution < -0.4 is 10.5 Å². The van der Waals surface area contributed by atoms with Gasteiger partial charge in [0.05, 0.1) is 11.8 Å². The predicted molar refractivity (Wildman–Crippen MR) is 70.4 cm³/mol. The van der Waals surface area contributed by atoms with Crippen molar-refractivity contribution in [1.29, 1.82) is 0 Å². The van der Waals surface area contributed by atoms with E-state index >= 15 is 0 Å². The summed E-state index contributed by atoms with van der Waals surface area (Å²) in [4.78, 5) is 0.252. The molecule has 1 aromatic heterocycles. The Bertz CT molecular complexity index is 525. The molecule has 0 radical (unpaired) electrons. The highest BCUT2D eigenvalue weighted by Gasteiger charge is 2.08. The molecule has 1 heterocycles. The first-order valence-corrected chi connectivity index (χ1v) is 5.70. The third kappa shape index (κ3) is 2.99. The fraction of sp³-hybridized carbons (Fsp3) is 0.0833. The van der Waals surface area contributed by atoms with Gasteiger partial charge in [0.25, 0.3) is 0 Å². The van der Waals surface area contributed by atoms with Crippen LogP contribution in [0.1, 0.15) is 11.3 Å². The Morgan fingerprint density at radius 2 is 2.24 bits per heavy atom. The molecule has 0 atom stereocenters. The molecule has 0 saturated carbocycles.